The summed E-state index contributed by atoms with van der Waals surface area (Å²) in [5.41, 5.74) is 3.73. The van der Waals surface area contributed by atoms with Crippen LogP contribution in [0.4, 0.5) is 18.9 Å². The number of hydrogen-bond acceptors (Lipinski definition) is 3. The van der Waals surface area contributed by atoms with Gasteiger partial charge >= 0.3 is 6.18 Å². The highest BCUT2D eigenvalue weighted by molar-refractivity contribution is 6.08. The lowest BCUT2D eigenvalue weighted by Crippen LogP contribution is -2.34. The molecule has 1 heterocycles. The summed E-state index contributed by atoms with van der Waals surface area (Å²) < 4.78 is 38.8. The van der Waals surface area contributed by atoms with Crippen molar-refractivity contribution in [2.75, 3.05) is 32.5 Å². The lowest BCUT2D eigenvalue weighted by Gasteiger charge is -2.29. The molecule has 5 nitrogen and oxygen atoms in total. The number of benzene rings is 3. The average Bonchev–Trinajstić information content (AvgIpc) is 2.86. The molecule has 2 amide bonds. The maximum atomic E-state index is 13.1. The van der Waals surface area contributed by atoms with Crippen LogP contribution in [0.1, 0.15) is 33.5 Å². The van der Waals surface area contributed by atoms with Gasteiger partial charge in [-0.1, -0.05) is 36.4 Å². The molecule has 0 spiro atoms. The zero-order valence-electron chi connectivity index (χ0n) is 20.2. The summed E-state index contributed by atoms with van der Waals surface area (Å²) in [6, 6.07) is 17.5. The molecule has 0 bridgehead atoms. The molecule has 188 valence electrons. The molecule has 0 radical (unpaired) electrons. The summed E-state index contributed by atoms with van der Waals surface area (Å²) in [7, 11) is 3.51. The van der Waals surface area contributed by atoms with Crippen molar-refractivity contribution in [2.45, 2.75) is 25.6 Å². The predicted molar refractivity (Wildman–Crippen MR) is 134 cm³/mol. The van der Waals surface area contributed by atoms with Gasteiger partial charge in [0.15, 0.2) is 0 Å². The van der Waals surface area contributed by atoms with Crippen LogP contribution < -0.4 is 5.32 Å². The van der Waals surface area contributed by atoms with Gasteiger partial charge in [-0.05, 0) is 59.0 Å². The third-order valence-electron chi connectivity index (χ3n) is 6.39. The van der Waals surface area contributed by atoms with Crippen LogP contribution in [0, 0.1) is 0 Å². The molecule has 3 aromatic rings. The van der Waals surface area contributed by atoms with Crippen LogP contribution >= 0.6 is 0 Å². The molecule has 4 rings (SSSR count). The first-order chi connectivity index (χ1) is 17.1. The summed E-state index contributed by atoms with van der Waals surface area (Å²) in [5.74, 6) is -0.222. The van der Waals surface area contributed by atoms with Crippen molar-refractivity contribution in [3.05, 3.63) is 89.0 Å². The van der Waals surface area contributed by atoms with E-state index in [0.29, 0.717) is 35.3 Å². The van der Waals surface area contributed by atoms with Gasteiger partial charge in [-0.3, -0.25) is 14.5 Å². The van der Waals surface area contributed by atoms with E-state index in [1.54, 1.807) is 43.3 Å². The van der Waals surface area contributed by atoms with E-state index in [0.717, 1.165) is 37.2 Å². The number of alkyl halides is 3. The second-order valence-corrected chi connectivity index (χ2v) is 9.12. The van der Waals surface area contributed by atoms with Gasteiger partial charge in [-0.2, -0.15) is 13.2 Å². The molecule has 1 N–H and O–H groups in total. The number of anilines is 1. The summed E-state index contributed by atoms with van der Waals surface area (Å²) >= 11 is 0. The minimum absolute atomic E-state index is 0.107. The summed E-state index contributed by atoms with van der Waals surface area (Å²) in [6.07, 6.45) is -3.12. The zero-order valence-corrected chi connectivity index (χ0v) is 20.2. The number of hydrogen-bond donors (Lipinski definition) is 1. The molecule has 0 saturated carbocycles. The van der Waals surface area contributed by atoms with Crippen LogP contribution in [0.5, 0.6) is 0 Å². The van der Waals surface area contributed by atoms with E-state index in [-0.39, 0.29) is 11.8 Å². The van der Waals surface area contributed by atoms with E-state index < -0.39 is 11.7 Å². The van der Waals surface area contributed by atoms with E-state index in [9.17, 15) is 22.8 Å². The number of amides is 2. The summed E-state index contributed by atoms with van der Waals surface area (Å²) in [6.45, 7) is 2.29. The smallest absolute Gasteiger partial charge is 0.349 e. The van der Waals surface area contributed by atoms with Gasteiger partial charge in [-0.15, -0.1) is 0 Å². The molecule has 0 fully saturated rings. The molecule has 0 aromatic heterocycles. The van der Waals surface area contributed by atoms with Gasteiger partial charge in [0.1, 0.15) is 0 Å². The number of halogens is 3. The Kier molecular flexibility index (Phi) is 7.45. The number of carbonyl (C=O) groups is 2. The third kappa shape index (κ3) is 5.94. The molecular weight excluding hydrogens is 467 g/mol. The SMILES string of the molecule is CN(C)C(=O)CCN1CCc2cc(NC(=O)c3ccccc3-c3ccc(C(F)(F)F)cc3)ccc2C1. The summed E-state index contributed by atoms with van der Waals surface area (Å²) in [5, 5.41) is 2.94. The van der Waals surface area contributed by atoms with E-state index in [1.165, 1.54) is 17.7 Å². The van der Waals surface area contributed by atoms with Gasteiger partial charge in [0.25, 0.3) is 5.91 Å². The first-order valence-electron chi connectivity index (χ1n) is 11.7. The minimum atomic E-state index is -4.41. The van der Waals surface area contributed by atoms with Gasteiger partial charge < -0.3 is 10.2 Å². The molecule has 0 unspecified atom stereocenters. The molecule has 36 heavy (non-hydrogen) atoms. The fraction of sp³-hybridized carbons (Fsp3) is 0.286. The predicted octanol–water partition coefficient (Wildman–Crippen LogP) is 5.46. The van der Waals surface area contributed by atoms with Crippen LogP contribution in [-0.2, 0) is 23.9 Å². The topological polar surface area (TPSA) is 52.7 Å². The standard InChI is InChI=1S/C28H28F3N3O2/c1-33(2)26(35)14-16-34-15-13-20-17-23(12-9-21(20)18-34)32-27(36)25-6-4-3-5-24(25)19-7-10-22(11-8-19)28(29,30)31/h3-12,17H,13-16,18H2,1-2H3,(H,32,36). The molecule has 8 heteroatoms. The van der Waals surface area contributed by atoms with Crippen molar-refractivity contribution < 1.29 is 22.8 Å². The normalized spacial score (nSPS) is 13.7. The van der Waals surface area contributed by atoms with E-state index in [2.05, 4.69) is 10.2 Å². The molecule has 3 aromatic carbocycles. The first kappa shape index (κ1) is 25.4. The van der Waals surface area contributed by atoms with Crippen molar-refractivity contribution in [1.82, 2.24) is 9.80 Å². The Labute approximate surface area is 208 Å². The van der Waals surface area contributed by atoms with Crippen LogP contribution in [0.3, 0.4) is 0 Å². The van der Waals surface area contributed by atoms with Crippen LogP contribution in [-0.4, -0.2) is 48.8 Å². The van der Waals surface area contributed by atoms with E-state index in [4.69, 9.17) is 0 Å². The largest absolute Gasteiger partial charge is 0.416 e. The number of rotatable bonds is 6. The second kappa shape index (κ2) is 10.5. The number of carbonyl (C=O) groups excluding carboxylic acids is 2. The molecule has 0 saturated heterocycles. The fourth-order valence-corrected chi connectivity index (χ4v) is 4.33. The Balaban J connectivity index is 1.46. The van der Waals surface area contributed by atoms with Crippen molar-refractivity contribution in [2.24, 2.45) is 0 Å². The molecule has 0 atom stereocenters. The van der Waals surface area contributed by atoms with Crippen LogP contribution in [0.2, 0.25) is 0 Å². The van der Waals surface area contributed by atoms with Crippen molar-refractivity contribution in [1.29, 1.82) is 0 Å². The van der Waals surface area contributed by atoms with Crippen molar-refractivity contribution >= 4 is 17.5 Å². The lowest BCUT2D eigenvalue weighted by atomic mass is 9.97. The second-order valence-electron chi connectivity index (χ2n) is 9.12. The average molecular weight is 496 g/mol. The van der Waals surface area contributed by atoms with Crippen LogP contribution in [0.25, 0.3) is 11.1 Å². The highest BCUT2D eigenvalue weighted by Crippen LogP contribution is 2.32. The quantitative estimate of drug-likeness (QED) is 0.494. The Bertz CT molecular complexity index is 1250. The third-order valence-corrected chi connectivity index (χ3v) is 6.39. The Hall–Kier alpha value is -3.65. The number of nitrogens with zero attached hydrogens (tertiary/aromatic N) is 2. The van der Waals surface area contributed by atoms with Gasteiger partial charge in [-0.25, -0.2) is 0 Å². The maximum absolute atomic E-state index is 13.1. The number of nitrogens with one attached hydrogen (secondary N) is 1. The molecule has 0 aliphatic carbocycles. The minimum Gasteiger partial charge on any atom is -0.349 e. The molecule has 1 aliphatic heterocycles. The number of fused-ring (bicyclic) bond motifs is 1. The Morgan fingerprint density at radius 3 is 2.39 bits per heavy atom. The molecule has 1 aliphatic rings. The maximum Gasteiger partial charge on any atom is 0.416 e. The van der Waals surface area contributed by atoms with Gasteiger partial charge in [0, 0.05) is 51.4 Å². The zero-order chi connectivity index (χ0) is 25.9. The monoisotopic (exact) mass is 495 g/mol. The Morgan fingerprint density at radius 1 is 0.972 bits per heavy atom. The van der Waals surface area contributed by atoms with E-state index >= 15 is 0 Å². The van der Waals surface area contributed by atoms with Crippen LogP contribution in [0.15, 0.2) is 66.7 Å². The Morgan fingerprint density at radius 2 is 1.69 bits per heavy atom. The van der Waals surface area contributed by atoms with E-state index in [1.807, 2.05) is 18.2 Å². The first-order valence-corrected chi connectivity index (χ1v) is 11.7. The van der Waals surface area contributed by atoms with Gasteiger partial charge in [0.2, 0.25) is 5.91 Å². The summed E-state index contributed by atoms with van der Waals surface area (Å²) in [4.78, 5) is 28.9. The van der Waals surface area contributed by atoms with Crippen molar-refractivity contribution in [3.8, 4) is 11.1 Å². The van der Waals surface area contributed by atoms with Crippen molar-refractivity contribution in [3.63, 3.8) is 0 Å². The molecular formula is C28H28F3N3O2. The van der Waals surface area contributed by atoms with Gasteiger partial charge in [0.05, 0.1) is 5.56 Å². The highest BCUT2D eigenvalue weighted by Gasteiger charge is 2.30. The fourth-order valence-electron chi connectivity index (χ4n) is 4.33. The highest BCUT2D eigenvalue weighted by atomic mass is 19.4. The lowest BCUT2D eigenvalue weighted by molar-refractivity contribution is -0.137.